The smallest absolute Gasteiger partial charge is 0.102 e. The molecule has 0 aliphatic carbocycles. The molecule has 1 aromatic rings. The summed E-state index contributed by atoms with van der Waals surface area (Å²) in [6.45, 7) is 2.12. The number of rotatable bonds is 3. The lowest BCUT2D eigenvalue weighted by Crippen LogP contribution is -1.97. The van der Waals surface area contributed by atoms with Gasteiger partial charge in [-0.2, -0.15) is 5.10 Å². The lowest BCUT2D eigenvalue weighted by atomic mass is 10.2. The van der Waals surface area contributed by atoms with E-state index in [0.717, 1.165) is 28.7 Å². The molecule has 0 spiro atoms. The molecule has 68 valence electrons. The summed E-state index contributed by atoms with van der Waals surface area (Å²) in [5.41, 5.74) is 1.88. The summed E-state index contributed by atoms with van der Waals surface area (Å²) >= 11 is 3.42. The molecule has 0 fully saturated rings. The minimum atomic E-state index is -0.00185. The van der Waals surface area contributed by atoms with Crippen LogP contribution in [0, 0.1) is 0 Å². The summed E-state index contributed by atoms with van der Waals surface area (Å²) in [4.78, 5) is 0. The third-order valence-corrected chi connectivity index (χ3v) is 2.72. The number of aliphatic hydroxyl groups is 1. The molecule has 0 aliphatic heterocycles. The fourth-order valence-corrected chi connectivity index (χ4v) is 1.86. The summed E-state index contributed by atoms with van der Waals surface area (Å²) in [5.74, 6) is 0. The van der Waals surface area contributed by atoms with Crippen LogP contribution in [0.1, 0.15) is 24.7 Å². The molecule has 0 saturated heterocycles. The zero-order valence-electron chi connectivity index (χ0n) is 7.34. The lowest BCUT2D eigenvalue weighted by Gasteiger charge is -1.98. The van der Waals surface area contributed by atoms with Gasteiger partial charge in [0.25, 0.3) is 0 Å². The molecule has 3 nitrogen and oxygen atoms in total. The van der Waals surface area contributed by atoms with Crippen LogP contribution < -0.4 is 0 Å². The first-order chi connectivity index (χ1) is 5.70. The molecule has 1 N–H and O–H groups in total. The maximum Gasteiger partial charge on any atom is 0.102 e. The molecule has 0 aliphatic rings. The highest BCUT2D eigenvalue weighted by molar-refractivity contribution is 9.10. The number of nitrogens with zero attached hydrogens (tertiary/aromatic N) is 2. The predicted octanol–water partition coefficient (Wildman–Crippen LogP) is 1.63. The Kier molecular flexibility index (Phi) is 3.29. The van der Waals surface area contributed by atoms with E-state index in [1.165, 1.54) is 0 Å². The average Bonchev–Trinajstić information content (AvgIpc) is 2.32. The van der Waals surface area contributed by atoms with Gasteiger partial charge in [-0.05, 0) is 22.4 Å². The molecule has 1 rings (SSSR count). The molecule has 0 radical (unpaired) electrons. The summed E-state index contributed by atoms with van der Waals surface area (Å²) < 4.78 is 2.77. The van der Waals surface area contributed by atoms with Crippen LogP contribution in [0.25, 0.3) is 0 Å². The van der Waals surface area contributed by atoms with Gasteiger partial charge in [-0.25, -0.2) is 0 Å². The van der Waals surface area contributed by atoms with Gasteiger partial charge in [0.15, 0.2) is 0 Å². The average molecular weight is 233 g/mol. The van der Waals surface area contributed by atoms with Crippen molar-refractivity contribution in [3.8, 4) is 0 Å². The van der Waals surface area contributed by atoms with Gasteiger partial charge in [-0.1, -0.05) is 13.3 Å². The fourth-order valence-electron chi connectivity index (χ4n) is 1.20. The Balaban J connectivity index is 3.01. The second kappa shape index (κ2) is 4.05. The second-order valence-electron chi connectivity index (χ2n) is 2.74. The molecule has 1 aromatic heterocycles. The standard InChI is InChI=1S/C8H13BrN2O/c1-3-4-7-8(9)6(5-12)10-11(7)2/h12H,3-5H2,1-2H3. The van der Waals surface area contributed by atoms with Crippen LogP contribution in [-0.4, -0.2) is 14.9 Å². The van der Waals surface area contributed by atoms with Crippen LogP contribution >= 0.6 is 15.9 Å². The van der Waals surface area contributed by atoms with Gasteiger partial charge < -0.3 is 5.11 Å². The van der Waals surface area contributed by atoms with E-state index in [-0.39, 0.29) is 6.61 Å². The molecule has 0 saturated carbocycles. The third kappa shape index (κ3) is 1.69. The highest BCUT2D eigenvalue weighted by Crippen LogP contribution is 2.21. The van der Waals surface area contributed by atoms with Crippen LogP contribution in [0.5, 0.6) is 0 Å². The van der Waals surface area contributed by atoms with E-state index in [2.05, 4.69) is 28.0 Å². The number of aryl methyl sites for hydroxylation is 1. The third-order valence-electron chi connectivity index (χ3n) is 1.80. The second-order valence-corrected chi connectivity index (χ2v) is 3.53. The van der Waals surface area contributed by atoms with E-state index < -0.39 is 0 Å². The zero-order valence-corrected chi connectivity index (χ0v) is 8.93. The van der Waals surface area contributed by atoms with E-state index in [1.807, 2.05) is 11.7 Å². The molecule has 0 aromatic carbocycles. The first-order valence-corrected chi connectivity index (χ1v) is 4.81. The topological polar surface area (TPSA) is 38.1 Å². The zero-order chi connectivity index (χ0) is 9.14. The highest BCUT2D eigenvalue weighted by atomic mass is 79.9. The van der Waals surface area contributed by atoms with E-state index in [9.17, 15) is 0 Å². The van der Waals surface area contributed by atoms with E-state index in [4.69, 9.17) is 5.11 Å². The first kappa shape index (κ1) is 9.74. The van der Waals surface area contributed by atoms with E-state index in [1.54, 1.807) is 0 Å². The van der Waals surface area contributed by atoms with Crippen LogP contribution in [-0.2, 0) is 20.1 Å². The minimum Gasteiger partial charge on any atom is -0.390 e. The van der Waals surface area contributed by atoms with Crippen molar-refractivity contribution in [2.75, 3.05) is 0 Å². The van der Waals surface area contributed by atoms with Crippen LogP contribution in [0.2, 0.25) is 0 Å². The molecule has 1 heterocycles. The lowest BCUT2D eigenvalue weighted by molar-refractivity contribution is 0.275. The van der Waals surface area contributed by atoms with Gasteiger partial charge in [-0.15, -0.1) is 0 Å². The summed E-state index contributed by atoms with van der Waals surface area (Å²) in [6, 6.07) is 0. The quantitative estimate of drug-likeness (QED) is 0.861. The van der Waals surface area contributed by atoms with Gasteiger partial charge in [0.05, 0.1) is 16.8 Å². The van der Waals surface area contributed by atoms with Crippen molar-refractivity contribution in [1.29, 1.82) is 0 Å². The van der Waals surface area contributed by atoms with Gasteiger partial charge in [-0.3, -0.25) is 4.68 Å². The highest BCUT2D eigenvalue weighted by Gasteiger charge is 2.11. The van der Waals surface area contributed by atoms with Crippen molar-refractivity contribution < 1.29 is 5.11 Å². The van der Waals surface area contributed by atoms with Crippen LogP contribution in [0.15, 0.2) is 4.47 Å². The van der Waals surface area contributed by atoms with Gasteiger partial charge >= 0.3 is 0 Å². The Labute approximate surface area is 80.5 Å². The van der Waals surface area contributed by atoms with Crippen molar-refractivity contribution in [2.45, 2.75) is 26.4 Å². The maximum atomic E-state index is 8.92. The van der Waals surface area contributed by atoms with Crippen molar-refractivity contribution in [3.63, 3.8) is 0 Å². The molecule has 0 bridgehead atoms. The normalized spacial score (nSPS) is 10.7. The molecule has 0 unspecified atom stereocenters. The largest absolute Gasteiger partial charge is 0.390 e. The van der Waals surface area contributed by atoms with Gasteiger partial charge in [0.1, 0.15) is 5.69 Å². The van der Waals surface area contributed by atoms with E-state index >= 15 is 0 Å². The van der Waals surface area contributed by atoms with Crippen LogP contribution in [0.4, 0.5) is 0 Å². The van der Waals surface area contributed by atoms with Crippen molar-refractivity contribution in [1.82, 2.24) is 9.78 Å². The summed E-state index contributed by atoms with van der Waals surface area (Å²) in [6.07, 6.45) is 2.08. The SMILES string of the molecule is CCCc1c(Br)c(CO)nn1C. The number of hydrogen-bond acceptors (Lipinski definition) is 2. The maximum absolute atomic E-state index is 8.92. The molecule has 0 amide bonds. The number of halogens is 1. The van der Waals surface area contributed by atoms with Gasteiger partial charge in [0.2, 0.25) is 0 Å². The molecule has 12 heavy (non-hydrogen) atoms. The Morgan fingerprint density at radius 1 is 1.58 bits per heavy atom. The first-order valence-electron chi connectivity index (χ1n) is 4.01. The summed E-state index contributed by atoms with van der Waals surface area (Å²) in [7, 11) is 1.90. The van der Waals surface area contributed by atoms with Crippen molar-refractivity contribution in [2.24, 2.45) is 7.05 Å². The molecular formula is C8H13BrN2O. The van der Waals surface area contributed by atoms with E-state index in [0.29, 0.717) is 0 Å². The van der Waals surface area contributed by atoms with Gasteiger partial charge in [0, 0.05) is 7.05 Å². The Morgan fingerprint density at radius 2 is 2.25 bits per heavy atom. The summed E-state index contributed by atoms with van der Waals surface area (Å²) in [5, 5.41) is 13.1. The number of aromatic nitrogens is 2. The van der Waals surface area contributed by atoms with Crippen molar-refractivity contribution >= 4 is 15.9 Å². The molecule has 0 atom stereocenters. The molecule has 4 heteroatoms. The number of hydrogen-bond donors (Lipinski definition) is 1. The predicted molar refractivity (Wildman–Crippen MR) is 50.8 cm³/mol. The Bertz CT molecular complexity index is 270. The monoisotopic (exact) mass is 232 g/mol. The van der Waals surface area contributed by atoms with Crippen LogP contribution in [0.3, 0.4) is 0 Å². The minimum absolute atomic E-state index is 0.00185. The fraction of sp³-hybridized carbons (Fsp3) is 0.625. The Morgan fingerprint density at radius 3 is 2.67 bits per heavy atom. The molecular weight excluding hydrogens is 220 g/mol. The van der Waals surface area contributed by atoms with Crippen molar-refractivity contribution in [3.05, 3.63) is 15.9 Å². The number of aliphatic hydroxyl groups excluding tert-OH is 1. The Hall–Kier alpha value is -0.350.